The molecular weight excluding hydrogens is 378 g/mol. The summed E-state index contributed by atoms with van der Waals surface area (Å²) in [5.74, 6) is -0.545. The van der Waals surface area contributed by atoms with Crippen LogP contribution in [0, 0.1) is 0 Å². The van der Waals surface area contributed by atoms with Crippen molar-refractivity contribution >= 4 is 23.6 Å². The number of thioether (sulfide) groups is 1. The molecule has 1 N–H and O–H groups in total. The Morgan fingerprint density at radius 2 is 2.07 bits per heavy atom. The van der Waals surface area contributed by atoms with Crippen molar-refractivity contribution in [3.05, 3.63) is 57.5 Å². The van der Waals surface area contributed by atoms with Crippen LogP contribution in [0.3, 0.4) is 0 Å². The van der Waals surface area contributed by atoms with E-state index >= 15 is 0 Å². The molecule has 0 fully saturated rings. The van der Waals surface area contributed by atoms with Crippen LogP contribution in [0.4, 0.5) is 0 Å². The van der Waals surface area contributed by atoms with Gasteiger partial charge in [0, 0.05) is 24.7 Å². The number of H-pyrrole nitrogens is 1. The number of ether oxygens (including phenoxy) is 1. The Kier molecular flexibility index (Phi) is 6.51. The predicted octanol–water partition coefficient (Wildman–Crippen LogP) is 1.94. The number of rotatable bonds is 6. The number of nitrogens with zero attached hydrogens (tertiary/aromatic N) is 2. The quantitative estimate of drug-likeness (QED) is 0.452. The van der Waals surface area contributed by atoms with Gasteiger partial charge < -0.3 is 14.6 Å². The average Bonchev–Trinajstić information content (AvgIpc) is 2.70. The summed E-state index contributed by atoms with van der Waals surface area (Å²) in [5.41, 5.74) is 2.55. The largest absolute Gasteiger partial charge is 0.467 e. The average molecular weight is 401 g/mol. The van der Waals surface area contributed by atoms with Crippen molar-refractivity contribution in [2.24, 2.45) is 0 Å². The Balaban J connectivity index is 1.75. The number of fused-ring (bicyclic) bond motifs is 1. The van der Waals surface area contributed by atoms with Crippen LogP contribution >= 0.6 is 11.8 Å². The lowest BCUT2D eigenvalue weighted by Crippen LogP contribution is -2.49. The van der Waals surface area contributed by atoms with Gasteiger partial charge in [-0.1, -0.05) is 49.4 Å². The number of hydrogen-bond acceptors (Lipinski definition) is 6. The van der Waals surface area contributed by atoms with Gasteiger partial charge in [-0.25, -0.2) is 9.78 Å². The number of benzene rings is 1. The molecule has 1 aromatic heterocycles. The van der Waals surface area contributed by atoms with E-state index in [0.717, 1.165) is 17.5 Å². The van der Waals surface area contributed by atoms with Crippen LogP contribution in [-0.2, 0) is 33.7 Å². The molecule has 0 bridgehead atoms. The molecule has 2 heterocycles. The number of amides is 1. The van der Waals surface area contributed by atoms with Gasteiger partial charge in [-0.3, -0.25) is 9.59 Å². The van der Waals surface area contributed by atoms with Crippen molar-refractivity contribution in [1.82, 2.24) is 14.9 Å². The summed E-state index contributed by atoms with van der Waals surface area (Å²) in [7, 11) is 1.33. The van der Waals surface area contributed by atoms with Crippen molar-refractivity contribution in [1.29, 1.82) is 0 Å². The lowest BCUT2D eigenvalue weighted by molar-refractivity contribution is -0.153. The molecule has 0 spiro atoms. The van der Waals surface area contributed by atoms with E-state index in [-0.39, 0.29) is 17.2 Å². The highest BCUT2D eigenvalue weighted by atomic mass is 32.2. The second-order valence-electron chi connectivity index (χ2n) is 6.61. The summed E-state index contributed by atoms with van der Waals surface area (Å²) in [6.45, 7) is 2.37. The normalized spacial score (nSPS) is 15.8. The van der Waals surface area contributed by atoms with Gasteiger partial charge in [-0.15, -0.1) is 0 Å². The zero-order valence-corrected chi connectivity index (χ0v) is 16.8. The summed E-state index contributed by atoms with van der Waals surface area (Å²) in [6.07, 6.45) is 2.02. The van der Waals surface area contributed by atoms with Crippen LogP contribution in [0.15, 0.2) is 40.3 Å². The van der Waals surface area contributed by atoms with E-state index in [2.05, 4.69) is 9.97 Å². The number of hydrogen-bond donors (Lipinski definition) is 1. The van der Waals surface area contributed by atoms with Crippen molar-refractivity contribution in [3.63, 3.8) is 0 Å². The lowest BCUT2D eigenvalue weighted by atomic mass is 9.94. The topological polar surface area (TPSA) is 92.4 Å². The number of esters is 1. The molecule has 1 aromatic carbocycles. The Labute approximate surface area is 167 Å². The molecule has 148 valence electrons. The maximum Gasteiger partial charge on any atom is 0.328 e. The van der Waals surface area contributed by atoms with Gasteiger partial charge >= 0.3 is 5.97 Å². The third-order valence-electron chi connectivity index (χ3n) is 4.65. The molecule has 3 rings (SSSR count). The molecule has 2 aromatic rings. The number of aromatic nitrogens is 2. The number of carbonyl (C=O) groups excluding carboxylic acids is 2. The number of aromatic amines is 1. The van der Waals surface area contributed by atoms with Gasteiger partial charge in [-0.2, -0.15) is 0 Å². The van der Waals surface area contributed by atoms with Crippen molar-refractivity contribution in [2.45, 2.75) is 43.9 Å². The van der Waals surface area contributed by atoms with E-state index in [0.29, 0.717) is 30.2 Å². The highest BCUT2D eigenvalue weighted by Gasteiger charge is 2.35. The fourth-order valence-corrected chi connectivity index (χ4v) is 4.06. The minimum atomic E-state index is -0.647. The standard InChI is InChI=1S/C20H23N3O4S/c1-3-6-15-10-17(24)22-20(21-15)28-12-18(25)23-11-14-8-5-4-7-13(14)9-16(23)19(26)27-2/h4-5,7-8,10,16H,3,6,9,11-12H2,1-2H3,(H,21,22,24)/t16-/m0/s1. The summed E-state index contributed by atoms with van der Waals surface area (Å²) < 4.78 is 4.91. The van der Waals surface area contributed by atoms with Crippen LogP contribution < -0.4 is 5.56 Å². The molecule has 0 saturated heterocycles. The molecular formula is C20H23N3O4S. The number of methoxy groups -OCH3 is 1. The zero-order chi connectivity index (χ0) is 20.1. The molecule has 0 saturated carbocycles. The molecule has 28 heavy (non-hydrogen) atoms. The summed E-state index contributed by atoms with van der Waals surface area (Å²) in [6, 6.07) is 8.60. The van der Waals surface area contributed by atoms with Gasteiger partial charge in [0.15, 0.2) is 5.16 Å². The first-order chi connectivity index (χ1) is 13.5. The first-order valence-corrected chi connectivity index (χ1v) is 10.2. The molecule has 1 aliphatic heterocycles. The van der Waals surface area contributed by atoms with Gasteiger partial charge in [0.1, 0.15) is 6.04 Å². The van der Waals surface area contributed by atoms with E-state index in [4.69, 9.17) is 4.74 Å². The highest BCUT2D eigenvalue weighted by molar-refractivity contribution is 7.99. The summed E-state index contributed by atoms with van der Waals surface area (Å²) in [4.78, 5) is 45.5. The fourth-order valence-electron chi connectivity index (χ4n) is 3.28. The Morgan fingerprint density at radius 3 is 2.79 bits per heavy atom. The maximum atomic E-state index is 12.9. The SMILES string of the molecule is CCCc1cc(=O)[nH]c(SCC(=O)N2Cc3ccccc3C[C@H]2C(=O)OC)n1. The van der Waals surface area contributed by atoms with E-state index in [1.807, 2.05) is 31.2 Å². The highest BCUT2D eigenvalue weighted by Crippen LogP contribution is 2.25. The first kappa shape index (κ1) is 20.1. The van der Waals surface area contributed by atoms with Gasteiger partial charge in [0.25, 0.3) is 5.56 Å². The molecule has 0 aliphatic carbocycles. The Bertz CT molecular complexity index is 928. The van der Waals surface area contributed by atoms with Crippen LogP contribution in [0.5, 0.6) is 0 Å². The van der Waals surface area contributed by atoms with Gasteiger partial charge in [-0.05, 0) is 17.5 Å². The minimum Gasteiger partial charge on any atom is -0.467 e. The molecule has 1 aliphatic rings. The summed E-state index contributed by atoms with van der Waals surface area (Å²) in [5, 5.41) is 0.413. The summed E-state index contributed by atoms with van der Waals surface area (Å²) >= 11 is 1.17. The van der Waals surface area contributed by atoms with Crippen LogP contribution in [0.1, 0.15) is 30.2 Å². The number of nitrogens with one attached hydrogen (secondary N) is 1. The molecule has 1 atom stereocenters. The van der Waals surface area contributed by atoms with Crippen molar-refractivity contribution < 1.29 is 14.3 Å². The third kappa shape index (κ3) is 4.62. The maximum absolute atomic E-state index is 12.9. The van der Waals surface area contributed by atoms with Crippen molar-refractivity contribution in [3.8, 4) is 0 Å². The molecule has 8 heteroatoms. The second-order valence-corrected chi connectivity index (χ2v) is 7.58. The molecule has 1 amide bonds. The van der Waals surface area contributed by atoms with Gasteiger partial charge in [0.2, 0.25) is 5.91 Å². The lowest BCUT2D eigenvalue weighted by Gasteiger charge is -2.35. The monoisotopic (exact) mass is 401 g/mol. The zero-order valence-electron chi connectivity index (χ0n) is 15.9. The van der Waals surface area contributed by atoms with E-state index in [9.17, 15) is 14.4 Å². The third-order valence-corrected chi connectivity index (χ3v) is 5.51. The van der Waals surface area contributed by atoms with E-state index in [1.165, 1.54) is 24.9 Å². The van der Waals surface area contributed by atoms with Crippen LogP contribution in [-0.4, -0.2) is 45.6 Å². The molecule has 0 radical (unpaired) electrons. The fraction of sp³-hybridized carbons (Fsp3) is 0.400. The first-order valence-electron chi connectivity index (χ1n) is 9.19. The molecule has 0 unspecified atom stereocenters. The molecule has 7 nitrogen and oxygen atoms in total. The van der Waals surface area contributed by atoms with E-state index < -0.39 is 12.0 Å². The smallest absolute Gasteiger partial charge is 0.328 e. The Morgan fingerprint density at radius 1 is 1.32 bits per heavy atom. The van der Waals surface area contributed by atoms with Gasteiger partial charge in [0.05, 0.1) is 12.9 Å². The number of aryl methyl sites for hydroxylation is 1. The van der Waals surface area contributed by atoms with Crippen molar-refractivity contribution in [2.75, 3.05) is 12.9 Å². The second kappa shape index (κ2) is 9.05. The van der Waals surface area contributed by atoms with Crippen LogP contribution in [0.2, 0.25) is 0 Å². The Hall–Kier alpha value is -2.61. The minimum absolute atomic E-state index is 0.0776. The number of carbonyl (C=O) groups is 2. The van der Waals surface area contributed by atoms with E-state index in [1.54, 1.807) is 4.90 Å². The predicted molar refractivity (Wildman–Crippen MR) is 106 cm³/mol. The van der Waals surface area contributed by atoms with Crippen LogP contribution in [0.25, 0.3) is 0 Å².